The number of rotatable bonds is 5. The standard InChI is InChI=1S/C20H20N2O4S2/c23-20(26-14-19-21-16-10-4-5-12-18(16)27-19)17-11-6-7-13-22(17)28(24,25)15-8-2-1-3-9-15/h1-5,8-10,12,17H,6-7,11,13-14H2/t17-/m1/s1. The van der Waals surface area contributed by atoms with E-state index in [-0.39, 0.29) is 11.5 Å². The third kappa shape index (κ3) is 3.80. The Hall–Kier alpha value is -2.29. The Morgan fingerprint density at radius 1 is 1.11 bits per heavy atom. The third-order valence-electron chi connectivity index (χ3n) is 4.75. The van der Waals surface area contributed by atoms with E-state index >= 15 is 0 Å². The summed E-state index contributed by atoms with van der Waals surface area (Å²) in [7, 11) is -3.74. The number of hydrogen-bond donors (Lipinski definition) is 0. The first-order chi connectivity index (χ1) is 13.6. The summed E-state index contributed by atoms with van der Waals surface area (Å²) in [4.78, 5) is 17.4. The molecule has 0 unspecified atom stereocenters. The number of hydrogen-bond acceptors (Lipinski definition) is 6. The molecule has 0 spiro atoms. The van der Waals surface area contributed by atoms with Crippen LogP contribution in [0.5, 0.6) is 0 Å². The summed E-state index contributed by atoms with van der Waals surface area (Å²) < 4.78 is 33.8. The van der Waals surface area contributed by atoms with E-state index < -0.39 is 22.0 Å². The number of fused-ring (bicyclic) bond motifs is 1. The Balaban J connectivity index is 1.50. The second-order valence-electron chi connectivity index (χ2n) is 6.62. The van der Waals surface area contributed by atoms with Crippen LogP contribution in [0.3, 0.4) is 0 Å². The van der Waals surface area contributed by atoms with Crippen LogP contribution in [0.4, 0.5) is 0 Å². The number of esters is 1. The molecule has 0 N–H and O–H groups in total. The highest BCUT2D eigenvalue weighted by atomic mass is 32.2. The molecule has 1 fully saturated rings. The maximum atomic E-state index is 13.0. The van der Waals surface area contributed by atoms with Gasteiger partial charge < -0.3 is 4.74 Å². The van der Waals surface area contributed by atoms with Crippen LogP contribution in [0.2, 0.25) is 0 Å². The summed E-state index contributed by atoms with van der Waals surface area (Å²) in [6, 6.07) is 15.1. The highest BCUT2D eigenvalue weighted by Crippen LogP contribution is 2.27. The lowest BCUT2D eigenvalue weighted by Gasteiger charge is -2.32. The first kappa shape index (κ1) is 19.0. The molecule has 1 aliphatic rings. The van der Waals surface area contributed by atoms with Crippen molar-refractivity contribution in [3.63, 3.8) is 0 Å². The van der Waals surface area contributed by atoms with Crippen molar-refractivity contribution in [2.45, 2.75) is 36.8 Å². The van der Waals surface area contributed by atoms with Gasteiger partial charge in [0.15, 0.2) is 0 Å². The average molecular weight is 417 g/mol. The molecular weight excluding hydrogens is 396 g/mol. The number of aromatic nitrogens is 1. The molecule has 0 aliphatic carbocycles. The van der Waals surface area contributed by atoms with Crippen LogP contribution in [-0.2, 0) is 26.2 Å². The molecule has 1 atom stereocenters. The number of para-hydroxylation sites is 1. The molecule has 3 aromatic rings. The molecule has 1 saturated heterocycles. The summed E-state index contributed by atoms with van der Waals surface area (Å²) in [6.45, 7) is 0.367. The molecule has 8 heteroatoms. The van der Waals surface area contributed by atoms with Crippen molar-refractivity contribution in [1.29, 1.82) is 0 Å². The second kappa shape index (κ2) is 7.98. The number of thiazole rings is 1. The lowest BCUT2D eigenvalue weighted by atomic mass is 10.1. The zero-order valence-corrected chi connectivity index (χ0v) is 16.8. The van der Waals surface area contributed by atoms with Gasteiger partial charge in [-0.2, -0.15) is 4.31 Å². The van der Waals surface area contributed by atoms with E-state index in [1.807, 2.05) is 24.3 Å². The fourth-order valence-corrected chi connectivity index (χ4v) is 5.92. The molecule has 0 bridgehead atoms. The van der Waals surface area contributed by atoms with Gasteiger partial charge in [0.2, 0.25) is 10.0 Å². The fraction of sp³-hybridized carbons (Fsp3) is 0.300. The zero-order valence-electron chi connectivity index (χ0n) is 15.2. The Morgan fingerprint density at radius 3 is 2.64 bits per heavy atom. The average Bonchev–Trinajstić information content (AvgIpc) is 3.15. The van der Waals surface area contributed by atoms with E-state index in [1.165, 1.54) is 15.6 Å². The normalized spacial score (nSPS) is 18.2. The van der Waals surface area contributed by atoms with Crippen molar-refractivity contribution in [2.75, 3.05) is 6.54 Å². The maximum absolute atomic E-state index is 13.0. The van der Waals surface area contributed by atoms with Crippen molar-refractivity contribution in [3.05, 3.63) is 59.6 Å². The van der Waals surface area contributed by atoms with Crippen molar-refractivity contribution < 1.29 is 17.9 Å². The van der Waals surface area contributed by atoms with Crippen LogP contribution in [-0.4, -0.2) is 36.3 Å². The van der Waals surface area contributed by atoms with Gasteiger partial charge in [0.05, 0.1) is 15.1 Å². The monoisotopic (exact) mass is 416 g/mol. The Labute approximate surface area is 167 Å². The van der Waals surface area contributed by atoms with E-state index in [2.05, 4.69) is 4.98 Å². The molecule has 28 heavy (non-hydrogen) atoms. The van der Waals surface area contributed by atoms with Crippen molar-refractivity contribution in [3.8, 4) is 0 Å². The van der Waals surface area contributed by atoms with Crippen LogP contribution >= 0.6 is 11.3 Å². The van der Waals surface area contributed by atoms with E-state index in [9.17, 15) is 13.2 Å². The smallest absolute Gasteiger partial charge is 0.324 e. The van der Waals surface area contributed by atoms with Gasteiger partial charge in [0.1, 0.15) is 17.7 Å². The summed E-state index contributed by atoms with van der Waals surface area (Å²) in [6.07, 6.45) is 1.99. The molecule has 2 aromatic carbocycles. The van der Waals surface area contributed by atoms with Gasteiger partial charge in [-0.25, -0.2) is 13.4 Å². The summed E-state index contributed by atoms with van der Waals surface area (Å²) in [5.41, 5.74) is 0.865. The lowest BCUT2D eigenvalue weighted by Crippen LogP contribution is -2.48. The first-order valence-electron chi connectivity index (χ1n) is 9.14. The molecule has 146 valence electrons. The molecule has 2 heterocycles. The van der Waals surface area contributed by atoms with E-state index in [0.717, 1.165) is 23.1 Å². The van der Waals surface area contributed by atoms with Crippen LogP contribution in [0.15, 0.2) is 59.5 Å². The molecule has 4 rings (SSSR count). The largest absolute Gasteiger partial charge is 0.457 e. The number of benzene rings is 2. The topological polar surface area (TPSA) is 76.6 Å². The van der Waals surface area contributed by atoms with Gasteiger partial charge in [0.25, 0.3) is 0 Å². The van der Waals surface area contributed by atoms with Crippen molar-refractivity contribution in [2.24, 2.45) is 0 Å². The highest BCUT2D eigenvalue weighted by molar-refractivity contribution is 7.89. The van der Waals surface area contributed by atoms with Gasteiger partial charge in [-0.15, -0.1) is 11.3 Å². The molecular formula is C20H20N2O4S2. The van der Waals surface area contributed by atoms with Crippen molar-refractivity contribution in [1.82, 2.24) is 9.29 Å². The molecule has 1 aromatic heterocycles. The second-order valence-corrected chi connectivity index (χ2v) is 9.63. The number of carbonyl (C=O) groups excluding carboxylic acids is 1. The maximum Gasteiger partial charge on any atom is 0.324 e. The van der Waals surface area contributed by atoms with Crippen LogP contribution in [0, 0.1) is 0 Å². The summed E-state index contributed by atoms with van der Waals surface area (Å²) in [5.74, 6) is -0.515. The molecule has 0 radical (unpaired) electrons. The third-order valence-corrected chi connectivity index (χ3v) is 7.68. The number of nitrogens with zero attached hydrogens (tertiary/aromatic N) is 2. The molecule has 1 aliphatic heterocycles. The lowest BCUT2D eigenvalue weighted by molar-refractivity contribution is -0.150. The van der Waals surface area contributed by atoms with Crippen LogP contribution in [0.1, 0.15) is 24.3 Å². The fourth-order valence-electron chi connectivity index (χ4n) is 3.37. The van der Waals surface area contributed by atoms with Gasteiger partial charge in [-0.3, -0.25) is 4.79 Å². The Bertz CT molecular complexity index is 1050. The van der Waals surface area contributed by atoms with Gasteiger partial charge in [-0.1, -0.05) is 30.3 Å². The van der Waals surface area contributed by atoms with E-state index in [0.29, 0.717) is 18.0 Å². The number of ether oxygens (including phenoxy) is 1. The van der Waals surface area contributed by atoms with Gasteiger partial charge >= 0.3 is 5.97 Å². The van der Waals surface area contributed by atoms with Crippen LogP contribution < -0.4 is 0 Å². The minimum absolute atomic E-state index is 0.0495. The minimum Gasteiger partial charge on any atom is -0.457 e. The quantitative estimate of drug-likeness (QED) is 0.594. The zero-order chi connectivity index (χ0) is 19.6. The predicted molar refractivity (Wildman–Crippen MR) is 107 cm³/mol. The molecule has 0 saturated carbocycles. The van der Waals surface area contributed by atoms with Crippen LogP contribution in [0.25, 0.3) is 10.2 Å². The summed E-state index contributed by atoms with van der Waals surface area (Å²) >= 11 is 1.47. The van der Waals surface area contributed by atoms with E-state index in [1.54, 1.807) is 30.3 Å². The summed E-state index contributed by atoms with van der Waals surface area (Å²) in [5, 5.41) is 0.697. The predicted octanol–water partition coefficient (Wildman–Crippen LogP) is 3.58. The van der Waals surface area contributed by atoms with Crippen molar-refractivity contribution >= 4 is 37.5 Å². The minimum atomic E-state index is -3.74. The Kier molecular flexibility index (Phi) is 5.43. The van der Waals surface area contributed by atoms with Gasteiger partial charge in [0, 0.05) is 6.54 Å². The molecule has 0 amide bonds. The first-order valence-corrected chi connectivity index (χ1v) is 11.4. The van der Waals surface area contributed by atoms with E-state index in [4.69, 9.17) is 4.74 Å². The SMILES string of the molecule is O=C(OCc1nc2ccccc2s1)[C@H]1CCCCN1S(=O)(=O)c1ccccc1. The number of carbonyl (C=O) groups is 1. The number of sulfonamides is 1. The number of piperidine rings is 1. The molecule has 6 nitrogen and oxygen atoms in total. The van der Waals surface area contributed by atoms with Gasteiger partial charge in [-0.05, 0) is 43.5 Å². The Morgan fingerprint density at radius 2 is 1.86 bits per heavy atom. The highest BCUT2D eigenvalue weighted by Gasteiger charge is 2.38.